The summed E-state index contributed by atoms with van der Waals surface area (Å²) in [5.41, 5.74) is 13.9. The molecular weight excluding hydrogens is 623 g/mol. The van der Waals surface area contributed by atoms with E-state index in [4.69, 9.17) is 19.6 Å². The van der Waals surface area contributed by atoms with Crippen molar-refractivity contribution in [2.45, 2.75) is 0 Å². The molecule has 51 heavy (non-hydrogen) atoms. The van der Waals surface area contributed by atoms with E-state index >= 15 is 0 Å². The second kappa shape index (κ2) is 12.7. The first-order valence-electron chi connectivity index (χ1n) is 16.9. The van der Waals surface area contributed by atoms with Crippen molar-refractivity contribution in [2.75, 3.05) is 0 Å². The summed E-state index contributed by atoms with van der Waals surface area (Å²) >= 11 is 0. The van der Waals surface area contributed by atoms with Gasteiger partial charge >= 0.3 is 0 Å². The molecule has 4 nitrogen and oxygen atoms in total. The van der Waals surface area contributed by atoms with E-state index in [2.05, 4.69) is 103 Å². The zero-order valence-corrected chi connectivity index (χ0v) is 27.5. The minimum Gasteiger partial charge on any atom is -0.456 e. The van der Waals surface area contributed by atoms with Crippen LogP contribution in [0.4, 0.5) is 0 Å². The molecule has 7 aromatic carbocycles. The number of nitriles is 1. The zero-order valence-electron chi connectivity index (χ0n) is 27.5. The van der Waals surface area contributed by atoms with Crippen LogP contribution in [0.15, 0.2) is 180 Å². The Balaban J connectivity index is 1.18. The van der Waals surface area contributed by atoms with Crippen LogP contribution in [0, 0.1) is 11.3 Å². The van der Waals surface area contributed by atoms with Gasteiger partial charge in [0, 0.05) is 33.0 Å². The highest BCUT2D eigenvalue weighted by Crippen LogP contribution is 2.39. The maximum atomic E-state index is 9.15. The Morgan fingerprint density at radius 2 is 0.745 bits per heavy atom. The molecule has 0 fully saturated rings. The number of nitrogens with zero attached hydrogens (tertiary/aromatic N) is 3. The summed E-state index contributed by atoms with van der Waals surface area (Å²) < 4.78 is 6.32. The molecule has 2 aromatic heterocycles. The van der Waals surface area contributed by atoms with Crippen molar-refractivity contribution >= 4 is 21.9 Å². The summed E-state index contributed by atoms with van der Waals surface area (Å²) in [6.07, 6.45) is 0. The van der Waals surface area contributed by atoms with Gasteiger partial charge in [-0.25, -0.2) is 9.97 Å². The predicted molar refractivity (Wildman–Crippen MR) is 207 cm³/mol. The van der Waals surface area contributed by atoms with Crippen LogP contribution >= 0.6 is 0 Å². The number of furan rings is 1. The standard InChI is InChI=1S/C47H29N3O/c48-30-31-15-17-32(18-16-31)33-19-21-34(22-20-33)35-23-25-38(26-24-35)46-47(39-27-28-41-40-13-7-8-14-42(40)51-43(41)29-39)50-45(37-11-5-2-6-12-37)44(49-46)36-9-3-1-4-10-36/h1-29H. The third-order valence-electron chi connectivity index (χ3n) is 9.37. The number of benzene rings is 7. The Kier molecular flexibility index (Phi) is 7.50. The van der Waals surface area contributed by atoms with E-state index in [1.807, 2.05) is 78.9 Å². The minimum atomic E-state index is 0.656. The van der Waals surface area contributed by atoms with Gasteiger partial charge in [-0.3, -0.25) is 0 Å². The van der Waals surface area contributed by atoms with Crippen molar-refractivity contribution < 1.29 is 4.42 Å². The summed E-state index contributed by atoms with van der Waals surface area (Å²) in [5.74, 6) is 0. The largest absolute Gasteiger partial charge is 0.456 e. The zero-order chi connectivity index (χ0) is 34.1. The molecule has 9 rings (SSSR count). The van der Waals surface area contributed by atoms with Gasteiger partial charge in [0.15, 0.2) is 0 Å². The van der Waals surface area contributed by atoms with Crippen molar-refractivity contribution in [1.82, 2.24) is 9.97 Å². The fraction of sp³-hybridized carbons (Fsp3) is 0. The lowest BCUT2D eigenvalue weighted by Gasteiger charge is -2.16. The lowest BCUT2D eigenvalue weighted by molar-refractivity contribution is 0.669. The molecule has 9 aromatic rings. The van der Waals surface area contributed by atoms with Crippen LogP contribution in [0.3, 0.4) is 0 Å². The van der Waals surface area contributed by atoms with Crippen LogP contribution < -0.4 is 0 Å². The van der Waals surface area contributed by atoms with Gasteiger partial charge in [0.25, 0.3) is 0 Å². The van der Waals surface area contributed by atoms with E-state index in [0.29, 0.717) is 5.56 Å². The third kappa shape index (κ3) is 5.63. The smallest absolute Gasteiger partial charge is 0.136 e. The van der Waals surface area contributed by atoms with Crippen LogP contribution in [0.2, 0.25) is 0 Å². The van der Waals surface area contributed by atoms with Gasteiger partial charge in [-0.1, -0.05) is 146 Å². The number of hydrogen-bond acceptors (Lipinski definition) is 4. The summed E-state index contributed by atoms with van der Waals surface area (Å²) in [7, 11) is 0. The first-order chi connectivity index (χ1) is 25.2. The summed E-state index contributed by atoms with van der Waals surface area (Å²) in [4.78, 5) is 10.9. The van der Waals surface area contributed by atoms with Gasteiger partial charge < -0.3 is 4.42 Å². The average Bonchev–Trinajstić information content (AvgIpc) is 3.59. The SMILES string of the molecule is N#Cc1ccc(-c2ccc(-c3ccc(-c4nc(-c5ccccc5)c(-c5ccccc5)nc4-c4ccc5c(c4)oc4ccccc45)cc3)cc2)cc1. The lowest BCUT2D eigenvalue weighted by Crippen LogP contribution is -2.01. The molecule has 0 bridgehead atoms. The van der Waals surface area contributed by atoms with Crippen molar-refractivity contribution in [3.05, 3.63) is 181 Å². The molecule has 0 saturated carbocycles. The predicted octanol–water partition coefficient (Wildman–Crippen LogP) is 12.2. The van der Waals surface area contributed by atoms with Gasteiger partial charge in [0.05, 0.1) is 34.4 Å². The van der Waals surface area contributed by atoms with Gasteiger partial charge in [-0.2, -0.15) is 5.26 Å². The topological polar surface area (TPSA) is 62.7 Å². The van der Waals surface area contributed by atoms with Gasteiger partial charge in [0.2, 0.25) is 0 Å². The van der Waals surface area contributed by atoms with Crippen molar-refractivity contribution in [3.63, 3.8) is 0 Å². The van der Waals surface area contributed by atoms with Gasteiger partial charge in [-0.05, 0) is 52.6 Å². The normalized spacial score (nSPS) is 11.1. The molecule has 0 spiro atoms. The fourth-order valence-corrected chi connectivity index (χ4v) is 6.72. The first-order valence-corrected chi connectivity index (χ1v) is 16.9. The van der Waals surface area contributed by atoms with E-state index in [1.54, 1.807) is 0 Å². The Hall–Kier alpha value is -7.09. The lowest BCUT2D eigenvalue weighted by atomic mass is 9.96. The quantitative estimate of drug-likeness (QED) is 0.179. The molecule has 0 atom stereocenters. The molecule has 0 aliphatic heterocycles. The number of para-hydroxylation sites is 1. The van der Waals surface area contributed by atoms with Crippen LogP contribution in [0.1, 0.15) is 5.56 Å². The average molecular weight is 652 g/mol. The molecule has 0 radical (unpaired) electrons. The van der Waals surface area contributed by atoms with Crippen molar-refractivity contribution in [3.8, 4) is 73.4 Å². The van der Waals surface area contributed by atoms with Crippen molar-refractivity contribution in [1.29, 1.82) is 5.26 Å². The molecule has 0 aliphatic rings. The monoisotopic (exact) mass is 651 g/mol. The highest BCUT2D eigenvalue weighted by molar-refractivity contribution is 6.06. The second-order valence-corrected chi connectivity index (χ2v) is 12.5. The van der Waals surface area contributed by atoms with Gasteiger partial charge in [-0.15, -0.1) is 0 Å². The first kappa shape index (κ1) is 30.0. The molecule has 0 N–H and O–H groups in total. The second-order valence-electron chi connectivity index (χ2n) is 12.5. The number of fused-ring (bicyclic) bond motifs is 3. The molecule has 0 saturated heterocycles. The Labute approximate surface area is 295 Å². The molecule has 0 unspecified atom stereocenters. The molecule has 2 heterocycles. The summed E-state index contributed by atoms with van der Waals surface area (Å²) in [6, 6.07) is 61.9. The minimum absolute atomic E-state index is 0.656. The van der Waals surface area contributed by atoms with E-state index in [-0.39, 0.29) is 0 Å². The molecule has 4 heteroatoms. The number of aromatic nitrogens is 2. The van der Waals surface area contributed by atoms with Crippen LogP contribution in [-0.4, -0.2) is 9.97 Å². The van der Waals surface area contributed by atoms with Crippen LogP contribution in [0.5, 0.6) is 0 Å². The van der Waals surface area contributed by atoms with Crippen LogP contribution in [0.25, 0.3) is 89.2 Å². The number of hydrogen-bond donors (Lipinski definition) is 0. The summed E-state index contributed by atoms with van der Waals surface area (Å²) in [6.45, 7) is 0. The van der Waals surface area contributed by atoms with E-state index in [9.17, 15) is 0 Å². The van der Waals surface area contributed by atoms with E-state index < -0.39 is 0 Å². The summed E-state index contributed by atoms with van der Waals surface area (Å²) in [5, 5.41) is 11.3. The Bertz CT molecular complexity index is 2710. The fourth-order valence-electron chi connectivity index (χ4n) is 6.72. The maximum absolute atomic E-state index is 9.15. The Morgan fingerprint density at radius 1 is 0.353 bits per heavy atom. The maximum Gasteiger partial charge on any atom is 0.136 e. The van der Waals surface area contributed by atoms with Gasteiger partial charge in [0.1, 0.15) is 11.2 Å². The molecule has 238 valence electrons. The number of rotatable bonds is 6. The molecule has 0 amide bonds. The van der Waals surface area contributed by atoms with E-state index in [0.717, 1.165) is 89.2 Å². The van der Waals surface area contributed by atoms with E-state index in [1.165, 1.54) is 0 Å². The Morgan fingerprint density at radius 3 is 1.27 bits per heavy atom. The van der Waals surface area contributed by atoms with Crippen LogP contribution in [-0.2, 0) is 0 Å². The molecular formula is C47H29N3O. The third-order valence-corrected chi connectivity index (χ3v) is 9.37. The highest BCUT2D eigenvalue weighted by Gasteiger charge is 2.20. The highest BCUT2D eigenvalue weighted by atomic mass is 16.3. The van der Waals surface area contributed by atoms with Crippen molar-refractivity contribution in [2.24, 2.45) is 0 Å². The molecule has 0 aliphatic carbocycles.